The Bertz CT molecular complexity index is 405. The quantitative estimate of drug-likeness (QED) is 0.735. The number of nitrogens with two attached hydrogens (primary N) is 1. The van der Waals surface area contributed by atoms with Crippen molar-refractivity contribution in [2.45, 2.75) is 13.0 Å². The molecule has 0 aliphatic carbocycles. The predicted molar refractivity (Wildman–Crippen MR) is 50.7 cm³/mol. The molecule has 0 fully saturated rings. The average molecular weight is 190 g/mol. The predicted octanol–water partition coefficient (Wildman–Crippen LogP) is 1.28. The Labute approximate surface area is 81.6 Å². The highest BCUT2D eigenvalue weighted by Crippen LogP contribution is 2.17. The lowest BCUT2D eigenvalue weighted by Gasteiger charge is -2.09. The molecule has 1 atom stereocenters. The number of rotatable bonds is 2. The lowest BCUT2D eigenvalue weighted by Crippen LogP contribution is -2.11. The molecule has 1 rings (SSSR count). The number of carbonyl (C=O) groups is 1. The van der Waals surface area contributed by atoms with Gasteiger partial charge in [0.25, 0.3) is 0 Å². The van der Waals surface area contributed by atoms with Crippen LogP contribution in [0.1, 0.15) is 34.5 Å². The molecule has 0 aliphatic rings. The van der Waals surface area contributed by atoms with Crippen LogP contribution in [0, 0.1) is 11.3 Å². The van der Waals surface area contributed by atoms with Gasteiger partial charge in [0.15, 0.2) is 0 Å². The van der Waals surface area contributed by atoms with Crippen LogP contribution in [0.15, 0.2) is 18.2 Å². The molecule has 0 heterocycles. The molecule has 0 saturated heterocycles. The summed E-state index contributed by atoms with van der Waals surface area (Å²) in [6.07, 6.45) is 0. The Balaban J connectivity index is 3.33. The number of hydrogen-bond donors (Lipinski definition) is 2. The zero-order valence-corrected chi connectivity index (χ0v) is 7.69. The summed E-state index contributed by atoms with van der Waals surface area (Å²) in [5.41, 5.74) is 6.66. The second kappa shape index (κ2) is 3.90. The van der Waals surface area contributed by atoms with Gasteiger partial charge >= 0.3 is 5.97 Å². The molecule has 72 valence electrons. The zero-order valence-electron chi connectivity index (χ0n) is 7.69. The van der Waals surface area contributed by atoms with Crippen molar-refractivity contribution < 1.29 is 9.90 Å². The molecular formula is C10H10N2O2. The van der Waals surface area contributed by atoms with Crippen LogP contribution in [0.3, 0.4) is 0 Å². The Hall–Kier alpha value is -1.86. The molecule has 0 bridgehead atoms. The highest BCUT2D eigenvalue weighted by atomic mass is 16.4. The molecule has 0 amide bonds. The number of aromatic carboxylic acids is 1. The van der Waals surface area contributed by atoms with Gasteiger partial charge in [0, 0.05) is 6.04 Å². The molecule has 0 unspecified atom stereocenters. The number of nitriles is 1. The summed E-state index contributed by atoms with van der Waals surface area (Å²) in [7, 11) is 0. The molecule has 0 radical (unpaired) electrons. The topological polar surface area (TPSA) is 87.1 Å². The van der Waals surface area contributed by atoms with Crippen LogP contribution in [0.4, 0.5) is 0 Å². The van der Waals surface area contributed by atoms with Crippen LogP contribution < -0.4 is 5.73 Å². The molecule has 0 saturated carbocycles. The fraction of sp³-hybridized carbons (Fsp3) is 0.200. The molecule has 0 aromatic heterocycles. The monoisotopic (exact) mass is 190 g/mol. The summed E-state index contributed by atoms with van der Waals surface area (Å²) in [4.78, 5) is 10.8. The van der Waals surface area contributed by atoms with Crippen molar-refractivity contribution in [1.29, 1.82) is 5.26 Å². The molecule has 4 heteroatoms. The van der Waals surface area contributed by atoms with Crippen LogP contribution in [0.25, 0.3) is 0 Å². The molecule has 0 spiro atoms. The van der Waals surface area contributed by atoms with Crippen LogP contribution in [0.2, 0.25) is 0 Å². The number of benzene rings is 1. The first-order valence-electron chi connectivity index (χ1n) is 4.09. The maximum atomic E-state index is 10.8. The lowest BCUT2D eigenvalue weighted by atomic mass is 9.99. The molecule has 3 N–H and O–H groups in total. The Morgan fingerprint density at radius 1 is 1.64 bits per heavy atom. The molecule has 1 aromatic rings. The van der Waals surface area contributed by atoms with Crippen molar-refractivity contribution in [2.75, 3.05) is 0 Å². The van der Waals surface area contributed by atoms with E-state index in [0.717, 1.165) is 0 Å². The van der Waals surface area contributed by atoms with E-state index in [1.54, 1.807) is 6.92 Å². The van der Waals surface area contributed by atoms with Gasteiger partial charge in [0.2, 0.25) is 0 Å². The maximum absolute atomic E-state index is 10.8. The summed E-state index contributed by atoms with van der Waals surface area (Å²) in [6.45, 7) is 1.68. The Kier molecular flexibility index (Phi) is 2.85. The van der Waals surface area contributed by atoms with Gasteiger partial charge in [-0.3, -0.25) is 0 Å². The van der Waals surface area contributed by atoms with Gasteiger partial charge in [-0.1, -0.05) is 0 Å². The average Bonchev–Trinajstić information content (AvgIpc) is 2.16. The first-order chi connectivity index (χ1) is 6.56. The van der Waals surface area contributed by atoms with Gasteiger partial charge in [0.1, 0.15) is 0 Å². The summed E-state index contributed by atoms with van der Waals surface area (Å²) < 4.78 is 0. The van der Waals surface area contributed by atoms with Crippen molar-refractivity contribution in [3.05, 3.63) is 34.9 Å². The largest absolute Gasteiger partial charge is 0.478 e. The minimum atomic E-state index is -1.03. The molecule has 4 nitrogen and oxygen atoms in total. The summed E-state index contributed by atoms with van der Waals surface area (Å²) in [5, 5.41) is 17.5. The lowest BCUT2D eigenvalue weighted by molar-refractivity contribution is 0.0695. The third kappa shape index (κ3) is 1.90. The van der Waals surface area contributed by atoms with E-state index >= 15 is 0 Å². The van der Waals surface area contributed by atoms with Crippen LogP contribution in [0.5, 0.6) is 0 Å². The van der Waals surface area contributed by atoms with Gasteiger partial charge in [0.05, 0.1) is 17.2 Å². The Morgan fingerprint density at radius 3 is 2.71 bits per heavy atom. The standard InChI is InChI=1S/C10H10N2O2/c1-6(12)9-4-7(5-11)2-3-8(9)10(13)14/h2-4,6H,12H2,1H3,(H,13,14)/t6-/m1/s1. The van der Waals surface area contributed by atoms with Gasteiger partial charge in [-0.15, -0.1) is 0 Å². The third-order valence-electron chi connectivity index (χ3n) is 1.90. The fourth-order valence-electron chi connectivity index (χ4n) is 1.20. The number of nitrogens with zero attached hydrogens (tertiary/aromatic N) is 1. The number of carboxylic acids is 1. The second-order valence-electron chi connectivity index (χ2n) is 3.01. The SMILES string of the molecule is C[C@@H](N)c1cc(C#N)ccc1C(=O)O. The van der Waals surface area contributed by atoms with Crippen molar-refractivity contribution >= 4 is 5.97 Å². The van der Waals surface area contributed by atoms with Gasteiger partial charge in [-0.2, -0.15) is 5.26 Å². The van der Waals surface area contributed by atoms with Gasteiger partial charge in [-0.25, -0.2) is 4.79 Å². The molecule has 14 heavy (non-hydrogen) atoms. The highest BCUT2D eigenvalue weighted by molar-refractivity contribution is 5.89. The first-order valence-corrected chi connectivity index (χ1v) is 4.09. The molecule has 0 aliphatic heterocycles. The van der Waals surface area contributed by atoms with Gasteiger partial charge < -0.3 is 10.8 Å². The van der Waals surface area contributed by atoms with Crippen LogP contribution >= 0.6 is 0 Å². The van der Waals surface area contributed by atoms with E-state index in [-0.39, 0.29) is 5.56 Å². The zero-order chi connectivity index (χ0) is 10.7. The number of carboxylic acid groups (broad SMARTS) is 1. The van der Waals surface area contributed by atoms with E-state index in [0.29, 0.717) is 11.1 Å². The van der Waals surface area contributed by atoms with Crippen molar-refractivity contribution in [3.8, 4) is 6.07 Å². The normalized spacial score (nSPS) is 11.8. The minimum absolute atomic E-state index is 0.152. The summed E-state index contributed by atoms with van der Waals surface area (Å²) in [6, 6.07) is 5.92. The van der Waals surface area contributed by atoms with Crippen LogP contribution in [-0.4, -0.2) is 11.1 Å². The van der Waals surface area contributed by atoms with Crippen molar-refractivity contribution in [3.63, 3.8) is 0 Å². The summed E-state index contributed by atoms with van der Waals surface area (Å²) in [5.74, 6) is -1.03. The Morgan fingerprint density at radius 2 is 2.29 bits per heavy atom. The van der Waals surface area contributed by atoms with Crippen LogP contribution in [-0.2, 0) is 0 Å². The van der Waals surface area contributed by atoms with E-state index in [1.807, 2.05) is 6.07 Å². The third-order valence-corrected chi connectivity index (χ3v) is 1.90. The van der Waals surface area contributed by atoms with Gasteiger partial charge in [-0.05, 0) is 30.7 Å². The van der Waals surface area contributed by atoms with Crippen molar-refractivity contribution in [2.24, 2.45) is 5.73 Å². The molecule has 1 aromatic carbocycles. The second-order valence-corrected chi connectivity index (χ2v) is 3.01. The minimum Gasteiger partial charge on any atom is -0.478 e. The van der Waals surface area contributed by atoms with E-state index in [9.17, 15) is 4.79 Å². The smallest absolute Gasteiger partial charge is 0.336 e. The highest BCUT2D eigenvalue weighted by Gasteiger charge is 2.13. The van der Waals surface area contributed by atoms with E-state index < -0.39 is 12.0 Å². The number of hydrogen-bond acceptors (Lipinski definition) is 3. The molecular weight excluding hydrogens is 180 g/mol. The first kappa shape index (κ1) is 10.2. The van der Waals surface area contributed by atoms with Crippen molar-refractivity contribution in [1.82, 2.24) is 0 Å². The summed E-state index contributed by atoms with van der Waals surface area (Å²) >= 11 is 0. The van der Waals surface area contributed by atoms with E-state index in [2.05, 4.69) is 0 Å². The van der Waals surface area contributed by atoms with E-state index in [4.69, 9.17) is 16.1 Å². The van der Waals surface area contributed by atoms with E-state index in [1.165, 1.54) is 18.2 Å². The maximum Gasteiger partial charge on any atom is 0.336 e. The fourth-order valence-corrected chi connectivity index (χ4v) is 1.20.